The van der Waals surface area contributed by atoms with E-state index < -0.39 is 11.6 Å². The predicted molar refractivity (Wildman–Crippen MR) is 69.1 cm³/mol. The van der Waals surface area contributed by atoms with Crippen LogP contribution in [0, 0.1) is 11.6 Å². The number of carbonyl (C=O) groups excluding carboxylic acids is 1. The largest absolute Gasteiger partial charge is 0.295 e. The molecule has 0 radical (unpaired) electrons. The summed E-state index contributed by atoms with van der Waals surface area (Å²) in [6.07, 6.45) is 1.05. The molecule has 2 rings (SSSR count). The number of ketones is 1. The summed E-state index contributed by atoms with van der Waals surface area (Å²) in [6, 6.07) is 3.10. The Kier molecular flexibility index (Phi) is 4.72. The molecule has 0 spiro atoms. The van der Waals surface area contributed by atoms with Gasteiger partial charge in [-0.15, -0.1) is 0 Å². The van der Waals surface area contributed by atoms with Crippen LogP contribution in [0.3, 0.4) is 0 Å². The van der Waals surface area contributed by atoms with Gasteiger partial charge in [-0.2, -0.15) is 11.8 Å². The molecule has 1 heterocycles. The van der Waals surface area contributed by atoms with E-state index >= 15 is 0 Å². The topological polar surface area (TPSA) is 20.3 Å². The van der Waals surface area contributed by atoms with E-state index in [-0.39, 0.29) is 17.9 Å². The van der Waals surface area contributed by atoms with Crippen LogP contribution in [-0.2, 0) is 0 Å². The first-order valence-electron chi connectivity index (χ1n) is 5.95. The van der Waals surface area contributed by atoms with Gasteiger partial charge in [0.1, 0.15) is 11.6 Å². The van der Waals surface area contributed by atoms with E-state index in [1.165, 1.54) is 6.07 Å². The molecule has 1 aromatic carbocycles. The smallest absolute Gasteiger partial charge is 0.179 e. The van der Waals surface area contributed by atoms with Crippen LogP contribution in [0.2, 0.25) is 0 Å². The Morgan fingerprint density at radius 3 is 2.89 bits per heavy atom. The molecule has 1 aliphatic heterocycles. The molecule has 1 aliphatic rings. The molecule has 0 atom stereocenters. The average Bonchev–Trinajstić information content (AvgIpc) is 2.57. The zero-order valence-corrected chi connectivity index (χ0v) is 10.8. The van der Waals surface area contributed by atoms with Crippen LogP contribution in [-0.4, -0.2) is 41.8 Å². The SMILES string of the molecule is O=C(CN1CCCSCC1)c1ccc(F)cc1F. The van der Waals surface area contributed by atoms with Gasteiger partial charge in [0, 0.05) is 18.4 Å². The Morgan fingerprint density at radius 1 is 1.28 bits per heavy atom. The molecule has 0 amide bonds. The van der Waals surface area contributed by atoms with Crippen LogP contribution >= 0.6 is 11.8 Å². The Morgan fingerprint density at radius 2 is 2.11 bits per heavy atom. The van der Waals surface area contributed by atoms with Gasteiger partial charge in [0.05, 0.1) is 12.1 Å². The number of nitrogens with zero attached hydrogens (tertiary/aromatic N) is 1. The monoisotopic (exact) mass is 271 g/mol. The zero-order valence-electron chi connectivity index (χ0n) is 9.99. The van der Waals surface area contributed by atoms with Gasteiger partial charge in [-0.1, -0.05) is 0 Å². The maximum absolute atomic E-state index is 13.5. The highest BCUT2D eigenvalue weighted by molar-refractivity contribution is 7.99. The van der Waals surface area contributed by atoms with Crippen LogP contribution in [0.25, 0.3) is 0 Å². The maximum Gasteiger partial charge on any atom is 0.179 e. The van der Waals surface area contributed by atoms with Crippen molar-refractivity contribution in [3.8, 4) is 0 Å². The quantitative estimate of drug-likeness (QED) is 0.788. The van der Waals surface area contributed by atoms with Crippen LogP contribution in [0.15, 0.2) is 18.2 Å². The highest BCUT2D eigenvalue weighted by atomic mass is 32.2. The molecule has 0 unspecified atom stereocenters. The summed E-state index contributed by atoms with van der Waals surface area (Å²) in [7, 11) is 0. The molecular formula is C13H15F2NOS. The minimum absolute atomic E-state index is 0.0201. The first kappa shape index (κ1) is 13.5. The van der Waals surface area contributed by atoms with E-state index in [0.717, 1.165) is 43.1 Å². The van der Waals surface area contributed by atoms with E-state index in [2.05, 4.69) is 0 Å². The van der Waals surface area contributed by atoms with Crippen molar-refractivity contribution < 1.29 is 13.6 Å². The lowest BCUT2D eigenvalue weighted by molar-refractivity contribution is 0.0932. The summed E-state index contributed by atoms with van der Waals surface area (Å²) in [6.45, 7) is 1.92. The molecule has 1 saturated heterocycles. The second-order valence-corrected chi connectivity index (χ2v) is 5.51. The zero-order chi connectivity index (χ0) is 13.0. The summed E-state index contributed by atoms with van der Waals surface area (Å²) in [5.41, 5.74) is -0.0201. The van der Waals surface area contributed by atoms with Crippen LogP contribution < -0.4 is 0 Å². The highest BCUT2D eigenvalue weighted by Crippen LogP contribution is 2.13. The van der Waals surface area contributed by atoms with E-state index in [1.54, 1.807) is 0 Å². The van der Waals surface area contributed by atoms with Crippen LogP contribution in [0.4, 0.5) is 8.78 Å². The molecule has 0 aromatic heterocycles. The maximum atomic E-state index is 13.5. The number of halogens is 2. The number of thioether (sulfide) groups is 1. The number of carbonyl (C=O) groups is 1. The third-order valence-corrected chi connectivity index (χ3v) is 3.96. The van der Waals surface area contributed by atoms with Crippen molar-refractivity contribution in [3.05, 3.63) is 35.4 Å². The molecule has 0 N–H and O–H groups in total. The van der Waals surface area contributed by atoms with E-state index in [9.17, 15) is 13.6 Å². The fourth-order valence-corrected chi connectivity index (χ4v) is 2.88. The van der Waals surface area contributed by atoms with Crippen molar-refractivity contribution in [1.82, 2.24) is 4.90 Å². The Balaban J connectivity index is 2.02. The Hall–Kier alpha value is -0.940. The summed E-state index contributed by atoms with van der Waals surface area (Å²) in [5, 5.41) is 0. The molecule has 5 heteroatoms. The first-order chi connectivity index (χ1) is 8.66. The number of rotatable bonds is 3. The molecule has 1 aromatic rings. The minimum Gasteiger partial charge on any atom is -0.295 e. The van der Waals surface area contributed by atoms with Gasteiger partial charge in [0.15, 0.2) is 5.78 Å². The highest BCUT2D eigenvalue weighted by Gasteiger charge is 2.17. The van der Waals surface area contributed by atoms with Crippen molar-refractivity contribution in [2.75, 3.05) is 31.1 Å². The molecule has 98 valence electrons. The van der Waals surface area contributed by atoms with Crippen LogP contribution in [0.1, 0.15) is 16.8 Å². The summed E-state index contributed by atoms with van der Waals surface area (Å²) in [5.74, 6) is 0.397. The third-order valence-electron chi connectivity index (χ3n) is 2.91. The lowest BCUT2D eigenvalue weighted by atomic mass is 10.1. The molecule has 1 fully saturated rings. The summed E-state index contributed by atoms with van der Waals surface area (Å²) < 4.78 is 26.2. The van der Waals surface area contributed by atoms with E-state index in [0.29, 0.717) is 0 Å². The van der Waals surface area contributed by atoms with Gasteiger partial charge in [-0.05, 0) is 30.9 Å². The average molecular weight is 271 g/mol. The fourth-order valence-electron chi connectivity index (χ4n) is 1.96. The van der Waals surface area contributed by atoms with Crippen molar-refractivity contribution in [2.24, 2.45) is 0 Å². The molecule has 0 bridgehead atoms. The van der Waals surface area contributed by atoms with Crippen LogP contribution in [0.5, 0.6) is 0 Å². The van der Waals surface area contributed by atoms with E-state index in [4.69, 9.17) is 0 Å². The fraction of sp³-hybridized carbons (Fsp3) is 0.462. The number of Topliss-reactive ketones (excluding diaryl/α,β-unsaturated/α-hetero) is 1. The number of hydrogen-bond donors (Lipinski definition) is 0. The minimum atomic E-state index is -0.774. The Bertz CT molecular complexity index is 431. The normalized spacial score (nSPS) is 17.4. The molecule has 0 saturated carbocycles. The van der Waals surface area contributed by atoms with Gasteiger partial charge < -0.3 is 0 Å². The number of benzene rings is 1. The summed E-state index contributed by atoms with van der Waals surface area (Å²) >= 11 is 1.87. The molecule has 18 heavy (non-hydrogen) atoms. The lowest BCUT2D eigenvalue weighted by Gasteiger charge is -2.18. The van der Waals surface area contributed by atoms with Gasteiger partial charge in [-0.3, -0.25) is 9.69 Å². The van der Waals surface area contributed by atoms with Gasteiger partial charge in [0.25, 0.3) is 0 Å². The van der Waals surface area contributed by atoms with Crippen molar-refractivity contribution in [1.29, 1.82) is 0 Å². The van der Waals surface area contributed by atoms with Crippen molar-refractivity contribution in [3.63, 3.8) is 0 Å². The Labute approximate surface area is 109 Å². The van der Waals surface area contributed by atoms with Crippen molar-refractivity contribution >= 4 is 17.5 Å². The standard InChI is InChI=1S/C13H15F2NOS/c14-10-2-3-11(12(15)8-10)13(17)9-16-4-1-6-18-7-5-16/h2-3,8H,1,4-7,9H2. The van der Waals surface area contributed by atoms with Gasteiger partial charge in [0.2, 0.25) is 0 Å². The summed E-state index contributed by atoms with van der Waals surface area (Å²) in [4.78, 5) is 14.0. The second-order valence-electron chi connectivity index (χ2n) is 4.29. The second kappa shape index (κ2) is 6.29. The third kappa shape index (κ3) is 3.53. The van der Waals surface area contributed by atoms with E-state index in [1.807, 2.05) is 16.7 Å². The predicted octanol–water partition coefficient (Wildman–Crippen LogP) is 2.59. The first-order valence-corrected chi connectivity index (χ1v) is 7.10. The number of hydrogen-bond acceptors (Lipinski definition) is 3. The molecule has 0 aliphatic carbocycles. The molecular weight excluding hydrogens is 256 g/mol. The lowest BCUT2D eigenvalue weighted by Crippen LogP contribution is -2.32. The van der Waals surface area contributed by atoms with Gasteiger partial charge in [-0.25, -0.2) is 8.78 Å². The van der Waals surface area contributed by atoms with Crippen molar-refractivity contribution in [2.45, 2.75) is 6.42 Å². The molecule has 2 nitrogen and oxygen atoms in total. The van der Waals surface area contributed by atoms with Gasteiger partial charge >= 0.3 is 0 Å².